The number of benzene rings is 1. The summed E-state index contributed by atoms with van der Waals surface area (Å²) >= 11 is 7.84. The van der Waals surface area contributed by atoms with Gasteiger partial charge in [-0.3, -0.25) is 0 Å². The molecule has 0 N–H and O–H groups in total. The predicted octanol–water partition coefficient (Wildman–Crippen LogP) is 6.15. The van der Waals surface area contributed by atoms with Gasteiger partial charge < -0.3 is 0 Å². The summed E-state index contributed by atoms with van der Waals surface area (Å²) in [4.78, 5) is 0.121. The molecule has 0 fully saturated rings. The van der Waals surface area contributed by atoms with Gasteiger partial charge in [0.15, 0.2) is 0 Å². The summed E-state index contributed by atoms with van der Waals surface area (Å²) in [5, 5.41) is 0. The lowest BCUT2D eigenvalue weighted by atomic mass is 10.1. The molecule has 0 aliphatic carbocycles. The van der Waals surface area contributed by atoms with Crippen molar-refractivity contribution in [1.29, 1.82) is 0 Å². The fourth-order valence-corrected chi connectivity index (χ4v) is 3.79. The lowest BCUT2D eigenvalue weighted by Crippen LogP contribution is -2.10. The molecule has 1 unspecified atom stereocenters. The van der Waals surface area contributed by atoms with Crippen molar-refractivity contribution in [2.24, 2.45) is 0 Å². The fraction of sp³-hybridized carbons (Fsp3) is 0.167. The summed E-state index contributed by atoms with van der Waals surface area (Å²) in [7, 11) is 0. The van der Waals surface area contributed by atoms with E-state index in [1.165, 1.54) is 23.5 Å². The normalized spacial score (nSPS) is 13.6. The molecule has 1 heterocycles. The van der Waals surface area contributed by atoms with E-state index in [0.717, 1.165) is 14.7 Å². The Hall–Kier alpha value is -0.400. The monoisotopic (exact) mass is 416 g/mol. The van der Waals surface area contributed by atoms with Crippen molar-refractivity contribution in [1.82, 2.24) is 0 Å². The van der Waals surface area contributed by atoms with Crippen LogP contribution in [-0.4, -0.2) is 0 Å². The first-order valence-corrected chi connectivity index (χ1v) is 7.58. The first-order chi connectivity index (χ1) is 8.80. The van der Waals surface area contributed by atoms with Crippen molar-refractivity contribution in [2.75, 3.05) is 0 Å². The zero-order valence-electron chi connectivity index (χ0n) is 9.14. The van der Waals surface area contributed by atoms with E-state index in [9.17, 15) is 17.6 Å². The van der Waals surface area contributed by atoms with Gasteiger partial charge in [0.25, 0.3) is 0 Å². The highest BCUT2D eigenvalue weighted by Crippen LogP contribution is 2.41. The molecule has 1 aromatic carbocycles. The Morgan fingerprint density at radius 2 is 1.79 bits per heavy atom. The smallest absolute Gasteiger partial charge is 0.206 e. The molecule has 1 aromatic heterocycles. The van der Waals surface area contributed by atoms with Crippen LogP contribution in [0.25, 0.3) is 0 Å². The first kappa shape index (κ1) is 15.0. The van der Waals surface area contributed by atoms with Crippen molar-refractivity contribution in [3.63, 3.8) is 0 Å². The molecule has 0 saturated heterocycles. The van der Waals surface area contributed by atoms with Gasteiger partial charge >= 0.3 is 6.18 Å². The lowest BCUT2D eigenvalue weighted by Gasteiger charge is -2.14. The van der Waals surface area contributed by atoms with Gasteiger partial charge in [-0.1, -0.05) is 28.1 Å². The molecule has 0 nitrogen and oxygen atoms in total. The summed E-state index contributed by atoms with van der Waals surface area (Å²) in [6.07, 6.45) is -4.69. The fourth-order valence-electron chi connectivity index (χ4n) is 1.58. The minimum atomic E-state index is -4.69. The third-order valence-corrected chi connectivity index (χ3v) is 5.43. The van der Waals surface area contributed by atoms with Crippen LogP contribution < -0.4 is 0 Å². The maximum atomic E-state index is 14.0. The van der Waals surface area contributed by atoms with E-state index in [1.54, 1.807) is 12.1 Å². The number of halogens is 6. The Kier molecular flexibility index (Phi) is 4.37. The predicted molar refractivity (Wildman–Crippen MR) is 74.2 cm³/mol. The van der Waals surface area contributed by atoms with Crippen molar-refractivity contribution in [3.05, 3.63) is 55.9 Å². The van der Waals surface area contributed by atoms with Crippen LogP contribution in [0.15, 0.2) is 34.1 Å². The Morgan fingerprint density at radius 3 is 2.32 bits per heavy atom. The SMILES string of the molecule is Fc1c(C(Br)c2ccc(Br)s2)cccc1C(F)(F)F. The second kappa shape index (κ2) is 5.54. The van der Waals surface area contributed by atoms with E-state index < -0.39 is 22.4 Å². The largest absolute Gasteiger partial charge is 0.419 e. The van der Waals surface area contributed by atoms with Crippen LogP contribution in [0, 0.1) is 5.82 Å². The second-order valence-electron chi connectivity index (χ2n) is 3.71. The molecule has 0 radical (unpaired) electrons. The molecular weight excluding hydrogens is 412 g/mol. The highest BCUT2D eigenvalue weighted by molar-refractivity contribution is 9.11. The van der Waals surface area contributed by atoms with Gasteiger partial charge in [0.05, 0.1) is 14.2 Å². The molecule has 102 valence electrons. The van der Waals surface area contributed by atoms with Crippen LogP contribution in [0.1, 0.15) is 20.8 Å². The van der Waals surface area contributed by atoms with Crippen molar-refractivity contribution in [2.45, 2.75) is 11.0 Å². The Balaban J connectivity index is 2.46. The Morgan fingerprint density at radius 1 is 1.11 bits per heavy atom. The third kappa shape index (κ3) is 3.20. The first-order valence-electron chi connectivity index (χ1n) is 5.05. The number of hydrogen-bond acceptors (Lipinski definition) is 1. The highest BCUT2D eigenvalue weighted by atomic mass is 79.9. The van der Waals surface area contributed by atoms with Crippen LogP contribution in [0.5, 0.6) is 0 Å². The van der Waals surface area contributed by atoms with Crippen molar-refractivity contribution >= 4 is 43.2 Å². The van der Waals surface area contributed by atoms with E-state index in [4.69, 9.17) is 0 Å². The zero-order chi connectivity index (χ0) is 14.2. The highest BCUT2D eigenvalue weighted by Gasteiger charge is 2.35. The van der Waals surface area contributed by atoms with Crippen LogP contribution in [0.3, 0.4) is 0 Å². The van der Waals surface area contributed by atoms with Crippen LogP contribution in [-0.2, 0) is 6.18 Å². The van der Waals surface area contributed by atoms with E-state index in [2.05, 4.69) is 31.9 Å². The average molecular weight is 418 g/mol. The number of alkyl halides is 4. The minimum absolute atomic E-state index is 0.0239. The standard InChI is InChI=1S/C12H6Br2F4S/c13-9-5-4-8(19-9)10(14)6-2-1-3-7(11(6)15)12(16,17)18/h1-5,10H. The quantitative estimate of drug-likeness (QED) is 0.406. The summed E-state index contributed by atoms with van der Waals surface area (Å²) < 4.78 is 52.7. The average Bonchev–Trinajstić information content (AvgIpc) is 2.74. The Labute approximate surface area is 127 Å². The van der Waals surface area contributed by atoms with Gasteiger partial charge in [-0.25, -0.2) is 4.39 Å². The summed E-state index contributed by atoms with van der Waals surface area (Å²) in [6.45, 7) is 0. The minimum Gasteiger partial charge on any atom is -0.206 e. The maximum Gasteiger partial charge on any atom is 0.419 e. The lowest BCUT2D eigenvalue weighted by molar-refractivity contribution is -0.140. The maximum absolute atomic E-state index is 14.0. The molecule has 0 aliphatic heterocycles. The number of hydrogen-bond donors (Lipinski definition) is 0. The number of thiophene rings is 1. The number of rotatable bonds is 2. The van der Waals surface area contributed by atoms with Crippen LogP contribution in [0.2, 0.25) is 0 Å². The molecule has 2 rings (SSSR count). The van der Waals surface area contributed by atoms with E-state index >= 15 is 0 Å². The molecule has 2 aromatic rings. The summed E-state index contributed by atoms with van der Waals surface area (Å²) in [5.41, 5.74) is -1.27. The van der Waals surface area contributed by atoms with Crippen LogP contribution >= 0.6 is 43.2 Å². The van der Waals surface area contributed by atoms with Gasteiger partial charge in [0.1, 0.15) is 5.82 Å². The molecule has 19 heavy (non-hydrogen) atoms. The summed E-state index contributed by atoms with van der Waals surface area (Å²) in [6, 6.07) is 6.78. The van der Waals surface area contributed by atoms with Gasteiger partial charge in [0.2, 0.25) is 0 Å². The van der Waals surface area contributed by atoms with E-state index in [0.29, 0.717) is 0 Å². The van der Waals surface area contributed by atoms with Gasteiger partial charge in [-0.15, -0.1) is 11.3 Å². The molecule has 1 atom stereocenters. The molecule has 7 heteroatoms. The van der Waals surface area contributed by atoms with Gasteiger partial charge in [-0.05, 0) is 34.1 Å². The van der Waals surface area contributed by atoms with Crippen LogP contribution in [0.4, 0.5) is 17.6 Å². The van der Waals surface area contributed by atoms with E-state index in [1.807, 2.05) is 0 Å². The third-order valence-electron chi connectivity index (χ3n) is 2.45. The van der Waals surface area contributed by atoms with Crippen molar-refractivity contribution < 1.29 is 17.6 Å². The Bertz CT molecular complexity index is 592. The topological polar surface area (TPSA) is 0 Å². The van der Waals surface area contributed by atoms with Gasteiger partial charge in [0, 0.05) is 10.4 Å². The molecule has 0 aliphatic rings. The zero-order valence-corrected chi connectivity index (χ0v) is 13.1. The molecule has 0 amide bonds. The summed E-state index contributed by atoms with van der Waals surface area (Å²) in [5.74, 6) is -1.23. The molecule has 0 spiro atoms. The van der Waals surface area contributed by atoms with E-state index in [-0.39, 0.29) is 5.56 Å². The van der Waals surface area contributed by atoms with Gasteiger partial charge in [-0.2, -0.15) is 13.2 Å². The van der Waals surface area contributed by atoms with Crippen molar-refractivity contribution in [3.8, 4) is 0 Å². The molecule has 0 bridgehead atoms. The second-order valence-corrected chi connectivity index (χ2v) is 7.12. The molecule has 0 saturated carbocycles. The molecular formula is C12H6Br2F4S.